The van der Waals surface area contributed by atoms with Gasteiger partial charge in [0, 0.05) is 19.1 Å². The first-order valence-electron chi connectivity index (χ1n) is 9.52. The summed E-state index contributed by atoms with van der Waals surface area (Å²) in [6, 6.07) is 0.991. The molecular weight excluding hydrogens is 427 g/mol. The SMILES string of the molecule is CCCCCC(C)NC(=NCc1nnc(C)n1C)NC1CCCC1.I. The fraction of sp³-hybridized carbons (Fsp3) is 0.833. The molecule has 1 unspecified atom stereocenters. The van der Waals surface area contributed by atoms with E-state index < -0.39 is 0 Å². The van der Waals surface area contributed by atoms with Crippen molar-refractivity contribution in [2.45, 2.75) is 90.8 Å². The summed E-state index contributed by atoms with van der Waals surface area (Å²) >= 11 is 0. The van der Waals surface area contributed by atoms with Gasteiger partial charge in [-0.25, -0.2) is 4.99 Å². The van der Waals surface area contributed by atoms with Crippen molar-refractivity contribution in [2.75, 3.05) is 0 Å². The van der Waals surface area contributed by atoms with E-state index in [1.54, 1.807) is 0 Å². The molecule has 1 fully saturated rings. The fourth-order valence-corrected chi connectivity index (χ4v) is 3.14. The molecule has 25 heavy (non-hydrogen) atoms. The third-order valence-electron chi connectivity index (χ3n) is 4.88. The molecule has 1 aromatic rings. The Labute approximate surface area is 169 Å². The molecule has 1 atom stereocenters. The minimum absolute atomic E-state index is 0. The Bertz CT molecular complexity index is 522. The average Bonchev–Trinajstić information content (AvgIpc) is 3.17. The number of aryl methyl sites for hydroxylation is 1. The largest absolute Gasteiger partial charge is 0.354 e. The predicted octanol–water partition coefficient (Wildman–Crippen LogP) is 3.69. The van der Waals surface area contributed by atoms with Gasteiger partial charge < -0.3 is 15.2 Å². The molecule has 2 N–H and O–H groups in total. The Kier molecular flexibility index (Phi) is 10.4. The minimum Gasteiger partial charge on any atom is -0.354 e. The van der Waals surface area contributed by atoms with Gasteiger partial charge >= 0.3 is 0 Å². The van der Waals surface area contributed by atoms with Crippen molar-refractivity contribution < 1.29 is 0 Å². The average molecular weight is 462 g/mol. The van der Waals surface area contributed by atoms with E-state index in [4.69, 9.17) is 4.99 Å². The Hall–Kier alpha value is -0.860. The quantitative estimate of drug-likeness (QED) is 0.268. The van der Waals surface area contributed by atoms with Crippen LogP contribution in [0.3, 0.4) is 0 Å². The van der Waals surface area contributed by atoms with Crippen molar-refractivity contribution in [3.05, 3.63) is 11.6 Å². The number of rotatable bonds is 8. The van der Waals surface area contributed by atoms with Crippen molar-refractivity contribution in [3.63, 3.8) is 0 Å². The van der Waals surface area contributed by atoms with Gasteiger partial charge in [-0.3, -0.25) is 0 Å². The third-order valence-corrected chi connectivity index (χ3v) is 4.88. The predicted molar refractivity (Wildman–Crippen MR) is 114 cm³/mol. The molecule has 1 aromatic heterocycles. The summed E-state index contributed by atoms with van der Waals surface area (Å²) in [5.74, 6) is 2.75. The molecule has 0 aliphatic heterocycles. The molecule has 7 heteroatoms. The Morgan fingerprint density at radius 2 is 2.00 bits per heavy atom. The van der Waals surface area contributed by atoms with E-state index in [1.807, 2.05) is 18.5 Å². The lowest BCUT2D eigenvalue weighted by Gasteiger charge is -2.21. The molecule has 0 bridgehead atoms. The van der Waals surface area contributed by atoms with Gasteiger partial charge in [0.25, 0.3) is 0 Å². The lowest BCUT2D eigenvalue weighted by Crippen LogP contribution is -2.46. The molecule has 1 saturated carbocycles. The number of nitrogens with zero attached hydrogens (tertiary/aromatic N) is 4. The second-order valence-electron chi connectivity index (χ2n) is 7.05. The van der Waals surface area contributed by atoms with E-state index in [-0.39, 0.29) is 24.0 Å². The zero-order valence-corrected chi connectivity index (χ0v) is 18.5. The number of guanidine groups is 1. The molecule has 1 heterocycles. The molecule has 2 rings (SSSR count). The number of halogens is 1. The van der Waals surface area contributed by atoms with Crippen LogP contribution in [0.2, 0.25) is 0 Å². The van der Waals surface area contributed by atoms with Crippen LogP contribution in [0.4, 0.5) is 0 Å². The number of hydrogen-bond donors (Lipinski definition) is 2. The molecule has 6 nitrogen and oxygen atoms in total. The van der Waals surface area contributed by atoms with Crippen LogP contribution in [-0.4, -0.2) is 32.8 Å². The number of aromatic nitrogens is 3. The zero-order chi connectivity index (χ0) is 17.4. The maximum atomic E-state index is 4.77. The maximum absolute atomic E-state index is 4.77. The summed E-state index contributed by atoms with van der Waals surface area (Å²) in [4.78, 5) is 4.77. The van der Waals surface area contributed by atoms with Crippen LogP contribution in [-0.2, 0) is 13.6 Å². The summed E-state index contributed by atoms with van der Waals surface area (Å²) in [5.41, 5.74) is 0. The Morgan fingerprint density at radius 3 is 2.60 bits per heavy atom. The van der Waals surface area contributed by atoms with Crippen LogP contribution in [0, 0.1) is 6.92 Å². The van der Waals surface area contributed by atoms with Crippen molar-refractivity contribution in [1.82, 2.24) is 25.4 Å². The molecule has 1 aliphatic rings. The topological polar surface area (TPSA) is 67.1 Å². The van der Waals surface area contributed by atoms with Crippen molar-refractivity contribution >= 4 is 29.9 Å². The van der Waals surface area contributed by atoms with Gasteiger partial charge in [-0.1, -0.05) is 39.0 Å². The monoisotopic (exact) mass is 462 g/mol. The van der Waals surface area contributed by atoms with Crippen LogP contribution < -0.4 is 10.6 Å². The lowest BCUT2D eigenvalue weighted by molar-refractivity contribution is 0.532. The van der Waals surface area contributed by atoms with Crippen LogP contribution in [0.15, 0.2) is 4.99 Å². The summed E-state index contributed by atoms with van der Waals surface area (Å²) in [6.45, 7) is 7.01. The molecule has 0 saturated heterocycles. The van der Waals surface area contributed by atoms with E-state index in [2.05, 4.69) is 34.7 Å². The number of aliphatic imine (C=N–C) groups is 1. The van der Waals surface area contributed by atoms with Gasteiger partial charge in [-0.2, -0.15) is 0 Å². The number of hydrogen-bond acceptors (Lipinski definition) is 3. The van der Waals surface area contributed by atoms with Crippen LogP contribution in [0.5, 0.6) is 0 Å². The number of nitrogens with one attached hydrogen (secondary N) is 2. The second-order valence-corrected chi connectivity index (χ2v) is 7.05. The molecule has 1 aliphatic carbocycles. The highest BCUT2D eigenvalue weighted by Crippen LogP contribution is 2.17. The smallest absolute Gasteiger partial charge is 0.192 e. The normalized spacial score (nSPS) is 16.6. The summed E-state index contributed by atoms with van der Waals surface area (Å²) in [7, 11) is 1.99. The summed E-state index contributed by atoms with van der Waals surface area (Å²) in [5, 5.41) is 15.5. The van der Waals surface area contributed by atoms with Crippen LogP contribution in [0.1, 0.15) is 76.9 Å². The standard InChI is InChI=1S/C18H34N6.HI/c1-5-6-7-10-14(2)20-18(21-16-11-8-9-12-16)19-13-17-23-22-15(3)24(17)4;/h14,16H,5-13H2,1-4H3,(H2,19,20,21);1H. The van der Waals surface area contributed by atoms with Crippen molar-refractivity contribution in [3.8, 4) is 0 Å². The van der Waals surface area contributed by atoms with E-state index in [0.717, 1.165) is 17.6 Å². The van der Waals surface area contributed by atoms with E-state index in [1.165, 1.54) is 51.4 Å². The Balaban J connectivity index is 0.00000312. The van der Waals surface area contributed by atoms with Gasteiger partial charge in [0.1, 0.15) is 12.4 Å². The van der Waals surface area contributed by atoms with Crippen molar-refractivity contribution in [2.24, 2.45) is 12.0 Å². The molecule has 0 amide bonds. The lowest BCUT2D eigenvalue weighted by atomic mass is 10.1. The van der Waals surface area contributed by atoms with E-state index in [9.17, 15) is 0 Å². The van der Waals surface area contributed by atoms with Gasteiger partial charge in [-0.15, -0.1) is 34.2 Å². The van der Waals surface area contributed by atoms with Crippen LogP contribution in [0.25, 0.3) is 0 Å². The highest BCUT2D eigenvalue weighted by atomic mass is 127. The first-order chi connectivity index (χ1) is 11.6. The highest BCUT2D eigenvalue weighted by molar-refractivity contribution is 14.0. The highest BCUT2D eigenvalue weighted by Gasteiger charge is 2.17. The molecule has 144 valence electrons. The Morgan fingerprint density at radius 1 is 1.28 bits per heavy atom. The third kappa shape index (κ3) is 7.50. The van der Waals surface area contributed by atoms with Crippen molar-refractivity contribution in [1.29, 1.82) is 0 Å². The summed E-state index contributed by atoms with van der Waals surface area (Å²) in [6.07, 6.45) is 10.1. The number of unbranched alkanes of at least 4 members (excludes halogenated alkanes) is 2. The first-order valence-corrected chi connectivity index (χ1v) is 9.52. The van der Waals surface area contributed by atoms with Crippen LogP contribution >= 0.6 is 24.0 Å². The summed E-state index contributed by atoms with van der Waals surface area (Å²) < 4.78 is 2.00. The molecular formula is C18H35IN6. The first kappa shape index (κ1) is 22.2. The van der Waals surface area contributed by atoms with Gasteiger partial charge in [0.15, 0.2) is 11.8 Å². The molecule has 0 aromatic carbocycles. The zero-order valence-electron chi connectivity index (χ0n) is 16.2. The minimum atomic E-state index is 0. The fourth-order valence-electron chi connectivity index (χ4n) is 3.14. The van der Waals surface area contributed by atoms with E-state index >= 15 is 0 Å². The van der Waals surface area contributed by atoms with Gasteiger partial charge in [0.05, 0.1) is 0 Å². The van der Waals surface area contributed by atoms with Gasteiger partial charge in [0.2, 0.25) is 0 Å². The van der Waals surface area contributed by atoms with Gasteiger partial charge in [-0.05, 0) is 33.1 Å². The van der Waals surface area contributed by atoms with E-state index in [0.29, 0.717) is 18.6 Å². The molecule has 0 spiro atoms. The second kappa shape index (κ2) is 11.7. The molecule has 0 radical (unpaired) electrons. The maximum Gasteiger partial charge on any atom is 0.192 e.